The molecule has 5 nitrogen and oxygen atoms in total. The van der Waals surface area contributed by atoms with Crippen molar-refractivity contribution in [2.24, 2.45) is 15.7 Å². The molecule has 0 fully saturated rings. The van der Waals surface area contributed by atoms with Gasteiger partial charge in [0.1, 0.15) is 24.2 Å². The molecule has 1 unspecified atom stereocenters. The first-order valence-electron chi connectivity index (χ1n) is 8.53. The maximum atomic E-state index is 6.02. The summed E-state index contributed by atoms with van der Waals surface area (Å²) in [5.74, 6) is 1.76. The van der Waals surface area contributed by atoms with E-state index in [1.54, 1.807) is 0 Å². The summed E-state index contributed by atoms with van der Waals surface area (Å²) in [5, 5.41) is 0. The van der Waals surface area contributed by atoms with Gasteiger partial charge in [0, 0.05) is 18.2 Å². The molecule has 0 amide bonds. The van der Waals surface area contributed by atoms with E-state index in [1.807, 2.05) is 49.7 Å². The number of rotatable bonds is 5. The lowest BCUT2D eigenvalue weighted by Crippen LogP contribution is -2.54. The zero-order chi connectivity index (χ0) is 17.3. The van der Waals surface area contributed by atoms with Crippen LogP contribution in [0.15, 0.2) is 64.7 Å². The molecule has 1 atom stereocenters. The van der Waals surface area contributed by atoms with Crippen molar-refractivity contribution in [3.63, 3.8) is 0 Å². The summed E-state index contributed by atoms with van der Waals surface area (Å²) in [7, 11) is 0. The van der Waals surface area contributed by atoms with Crippen molar-refractivity contribution in [1.82, 2.24) is 4.48 Å². The van der Waals surface area contributed by atoms with E-state index in [4.69, 9.17) is 10.5 Å². The summed E-state index contributed by atoms with van der Waals surface area (Å²) < 4.78 is 6.19. The number of benzene rings is 2. The normalized spacial score (nSPS) is 20.6. The molecule has 126 valence electrons. The monoisotopic (exact) mass is 333 g/mol. The second kappa shape index (κ2) is 6.27. The Morgan fingerprint density at radius 1 is 1.12 bits per heavy atom. The Labute approximate surface area is 147 Å². The number of nitrogens with zero attached hydrogens (tertiary/aromatic N) is 3. The van der Waals surface area contributed by atoms with Crippen molar-refractivity contribution in [2.45, 2.75) is 6.92 Å². The number of hydrogen-bond donors (Lipinski definition) is 1. The molecule has 0 saturated carbocycles. The van der Waals surface area contributed by atoms with Crippen LogP contribution < -0.4 is 15.0 Å². The van der Waals surface area contributed by atoms with Crippen molar-refractivity contribution in [3.05, 3.63) is 60.3 Å². The Morgan fingerprint density at radius 2 is 2.00 bits per heavy atom. The first-order valence-corrected chi connectivity index (χ1v) is 8.53. The molecule has 0 saturated heterocycles. The quantitative estimate of drug-likeness (QED) is 0.852. The number of fused-ring (bicyclic) bond motifs is 3. The average Bonchev–Trinajstić information content (AvgIpc) is 3.02. The fourth-order valence-corrected chi connectivity index (χ4v) is 3.61. The SMILES string of the molecule is CCOc1cccc(C2=CN=C3C=Nc4ccccc4[N+]23CCN)c1. The van der Waals surface area contributed by atoms with Crippen LogP contribution in [0.25, 0.3) is 5.70 Å². The van der Waals surface area contributed by atoms with Crippen LogP contribution in [0.5, 0.6) is 5.75 Å². The minimum Gasteiger partial charge on any atom is -0.494 e. The van der Waals surface area contributed by atoms with Gasteiger partial charge in [-0.2, -0.15) is 4.99 Å². The predicted octanol–water partition coefficient (Wildman–Crippen LogP) is 3.48. The molecule has 0 aliphatic carbocycles. The van der Waals surface area contributed by atoms with Gasteiger partial charge in [-0.25, -0.2) is 9.48 Å². The second-order valence-corrected chi connectivity index (χ2v) is 6.03. The number of ether oxygens (including phenoxy) is 1. The Morgan fingerprint density at radius 3 is 2.84 bits per heavy atom. The highest BCUT2D eigenvalue weighted by Gasteiger charge is 2.47. The molecule has 2 N–H and O–H groups in total. The van der Waals surface area contributed by atoms with Gasteiger partial charge in [0.15, 0.2) is 11.4 Å². The summed E-state index contributed by atoms with van der Waals surface area (Å²) in [4.78, 5) is 9.23. The van der Waals surface area contributed by atoms with Crippen LogP contribution >= 0.6 is 0 Å². The molecule has 25 heavy (non-hydrogen) atoms. The maximum absolute atomic E-state index is 6.02. The van der Waals surface area contributed by atoms with Gasteiger partial charge in [0.25, 0.3) is 5.84 Å². The maximum Gasteiger partial charge on any atom is 0.256 e. The van der Waals surface area contributed by atoms with Gasteiger partial charge in [-0.3, -0.25) is 0 Å². The zero-order valence-corrected chi connectivity index (χ0v) is 14.2. The van der Waals surface area contributed by atoms with E-state index < -0.39 is 0 Å². The van der Waals surface area contributed by atoms with Gasteiger partial charge in [0.05, 0.1) is 12.8 Å². The zero-order valence-electron chi connectivity index (χ0n) is 14.2. The number of nitrogens with two attached hydrogens (primary N) is 1. The van der Waals surface area contributed by atoms with E-state index >= 15 is 0 Å². The molecular weight excluding hydrogens is 312 g/mol. The lowest BCUT2D eigenvalue weighted by atomic mass is 10.0. The average molecular weight is 333 g/mol. The van der Waals surface area contributed by atoms with Crippen LogP contribution in [0.2, 0.25) is 0 Å². The van der Waals surface area contributed by atoms with Gasteiger partial charge in [0.2, 0.25) is 0 Å². The third kappa shape index (κ3) is 2.40. The summed E-state index contributed by atoms with van der Waals surface area (Å²) in [6, 6.07) is 16.3. The van der Waals surface area contributed by atoms with Gasteiger partial charge in [-0.15, -0.1) is 0 Å². The Bertz CT molecular complexity index is 900. The summed E-state index contributed by atoms with van der Waals surface area (Å²) in [5.41, 5.74) is 10.3. The molecular formula is C20H21N4O+. The largest absolute Gasteiger partial charge is 0.494 e. The molecule has 0 aromatic heterocycles. The fraction of sp³-hybridized carbons (Fsp3) is 0.200. The van der Waals surface area contributed by atoms with Crippen molar-refractivity contribution >= 4 is 29.1 Å². The van der Waals surface area contributed by atoms with Crippen LogP contribution in [0.1, 0.15) is 12.5 Å². The Kier molecular flexibility index (Phi) is 3.95. The number of hydrogen-bond acceptors (Lipinski definition) is 4. The standard InChI is InChI=1S/C20H21N4O/c1-2-25-16-7-5-6-15(12-16)19-13-23-20-14-22-17-8-3-4-9-18(17)24(19,20)11-10-21/h3-9,12-14H,2,10-11,21H2,1H3/q+1. The van der Waals surface area contributed by atoms with Gasteiger partial charge >= 0.3 is 0 Å². The highest BCUT2D eigenvalue weighted by Crippen LogP contribution is 2.45. The molecule has 2 aliphatic rings. The van der Waals surface area contributed by atoms with Crippen LogP contribution in [0, 0.1) is 0 Å². The minimum atomic E-state index is 0.506. The van der Waals surface area contributed by atoms with E-state index in [0.717, 1.165) is 40.8 Å². The van der Waals surface area contributed by atoms with E-state index in [0.29, 0.717) is 17.6 Å². The van der Waals surface area contributed by atoms with Crippen LogP contribution in [0.3, 0.4) is 0 Å². The number of amidine groups is 1. The van der Waals surface area contributed by atoms with Gasteiger partial charge in [-0.1, -0.05) is 18.2 Å². The number of para-hydroxylation sites is 2. The first-order chi connectivity index (χ1) is 12.3. The number of quaternary nitrogens is 1. The molecule has 0 bridgehead atoms. The van der Waals surface area contributed by atoms with Gasteiger partial charge < -0.3 is 10.5 Å². The number of aliphatic imine (C=N–C) groups is 2. The van der Waals surface area contributed by atoms with E-state index in [1.165, 1.54) is 0 Å². The second-order valence-electron chi connectivity index (χ2n) is 6.03. The molecule has 0 radical (unpaired) electrons. The van der Waals surface area contributed by atoms with Crippen molar-refractivity contribution in [2.75, 3.05) is 19.7 Å². The molecule has 4 rings (SSSR count). The molecule has 2 aromatic carbocycles. The lowest BCUT2D eigenvalue weighted by Gasteiger charge is -2.37. The Balaban J connectivity index is 1.88. The van der Waals surface area contributed by atoms with Crippen LogP contribution in [-0.2, 0) is 0 Å². The molecule has 5 heteroatoms. The smallest absolute Gasteiger partial charge is 0.256 e. The summed E-state index contributed by atoms with van der Waals surface area (Å²) >= 11 is 0. The van der Waals surface area contributed by atoms with Crippen LogP contribution in [-0.4, -0.2) is 31.7 Å². The van der Waals surface area contributed by atoms with Gasteiger partial charge in [-0.05, 0) is 31.2 Å². The summed E-state index contributed by atoms with van der Waals surface area (Å²) in [6.07, 6.45) is 3.79. The highest BCUT2D eigenvalue weighted by molar-refractivity contribution is 6.39. The minimum absolute atomic E-state index is 0.506. The lowest BCUT2D eigenvalue weighted by molar-refractivity contribution is 0.340. The molecule has 2 heterocycles. The predicted molar refractivity (Wildman–Crippen MR) is 103 cm³/mol. The first kappa shape index (κ1) is 15.7. The van der Waals surface area contributed by atoms with E-state index in [-0.39, 0.29) is 0 Å². The summed E-state index contributed by atoms with van der Waals surface area (Å²) in [6.45, 7) is 3.90. The van der Waals surface area contributed by atoms with Crippen LogP contribution in [0.4, 0.5) is 11.4 Å². The van der Waals surface area contributed by atoms with E-state index in [9.17, 15) is 0 Å². The molecule has 2 aromatic rings. The molecule has 2 aliphatic heterocycles. The topological polar surface area (TPSA) is 60.0 Å². The van der Waals surface area contributed by atoms with E-state index in [2.05, 4.69) is 28.2 Å². The third-order valence-corrected chi connectivity index (χ3v) is 4.64. The highest BCUT2D eigenvalue weighted by atomic mass is 16.5. The molecule has 0 spiro atoms. The van der Waals surface area contributed by atoms with Crippen molar-refractivity contribution in [3.8, 4) is 5.75 Å². The van der Waals surface area contributed by atoms with Crippen molar-refractivity contribution in [1.29, 1.82) is 0 Å². The van der Waals surface area contributed by atoms with Crippen molar-refractivity contribution < 1.29 is 4.74 Å². The third-order valence-electron chi connectivity index (χ3n) is 4.64. The Hall–Kier alpha value is -2.76. The fourth-order valence-electron chi connectivity index (χ4n) is 3.61.